The molecule has 0 saturated carbocycles. The standard InChI is InChI=1S/C24H35ClN2O2/c1-4-6-11-20(5-2)24(28)27(16-10-17-29-3)19-22-13-9-15-26(22)18-21-12-7-8-14-23(21)25/h7-9,12-15,20H,4-6,10-11,16-19H2,1-3H3/t20-/m0/s1. The lowest BCUT2D eigenvalue weighted by atomic mass is 9.97. The van der Waals surface area contributed by atoms with E-state index in [1.807, 2.05) is 35.2 Å². The molecule has 2 aromatic rings. The SMILES string of the molecule is CCCC[C@H](CC)C(=O)N(CCCOC)Cc1cccn1Cc1ccccc1Cl. The highest BCUT2D eigenvalue weighted by Gasteiger charge is 2.23. The van der Waals surface area contributed by atoms with Gasteiger partial charge in [0.25, 0.3) is 0 Å². The second-order valence-corrected chi connectivity index (χ2v) is 7.98. The van der Waals surface area contributed by atoms with Crippen LogP contribution in [-0.4, -0.2) is 35.6 Å². The third-order valence-corrected chi connectivity index (χ3v) is 5.78. The molecule has 0 spiro atoms. The summed E-state index contributed by atoms with van der Waals surface area (Å²) in [5.41, 5.74) is 2.21. The molecule has 0 N–H and O–H groups in total. The number of unbranched alkanes of at least 4 members (excludes halogenated alkanes) is 1. The molecule has 0 saturated heterocycles. The molecule has 0 fully saturated rings. The molecule has 4 nitrogen and oxygen atoms in total. The zero-order valence-electron chi connectivity index (χ0n) is 18.1. The fourth-order valence-electron chi connectivity index (χ4n) is 3.63. The van der Waals surface area contributed by atoms with E-state index in [0.29, 0.717) is 26.2 Å². The number of carbonyl (C=O) groups is 1. The lowest BCUT2D eigenvalue weighted by Gasteiger charge is -2.28. The van der Waals surface area contributed by atoms with E-state index in [9.17, 15) is 4.79 Å². The van der Waals surface area contributed by atoms with Crippen LogP contribution in [0.3, 0.4) is 0 Å². The second-order valence-electron chi connectivity index (χ2n) is 7.57. The van der Waals surface area contributed by atoms with Crippen molar-refractivity contribution in [2.75, 3.05) is 20.3 Å². The minimum absolute atomic E-state index is 0.101. The first-order chi connectivity index (χ1) is 14.1. The molecule has 1 aromatic carbocycles. The summed E-state index contributed by atoms with van der Waals surface area (Å²) in [6.45, 7) is 6.99. The Kier molecular flexibility index (Phi) is 10.3. The number of aromatic nitrogens is 1. The van der Waals surface area contributed by atoms with Crippen LogP contribution in [0.2, 0.25) is 5.02 Å². The molecule has 0 bridgehead atoms. The van der Waals surface area contributed by atoms with E-state index in [1.165, 1.54) is 0 Å². The molecular weight excluding hydrogens is 384 g/mol. The summed E-state index contributed by atoms with van der Waals surface area (Å²) in [6.07, 6.45) is 6.98. The molecule has 29 heavy (non-hydrogen) atoms. The highest BCUT2D eigenvalue weighted by atomic mass is 35.5. The number of carbonyl (C=O) groups excluding carboxylic acids is 1. The number of halogens is 1. The van der Waals surface area contributed by atoms with Crippen molar-refractivity contribution in [3.05, 3.63) is 58.9 Å². The average molecular weight is 419 g/mol. The number of rotatable bonds is 13. The van der Waals surface area contributed by atoms with Gasteiger partial charge in [0, 0.05) is 49.6 Å². The summed E-state index contributed by atoms with van der Waals surface area (Å²) in [5, 5.41) is 0.769. The maximum atomic E-state index is 13.3. The molecular formula is C24H35ClN2O2. The van der Waals surface area contributed by atoms with E-state index in [-0.39, 0.29) is 11.8 Å². The van der Waals surface area contributed by atoms with E-state index in [4.69, 9.17) is 16.3 Å². The van der Waals surface area contributed by atoms with Gasteiger partial charge in [-0.2, -0.15) is 0 Å². The minimum atomic E-state index is 0.101. The maximum Gasteiger partial charge on any atom is 0.226 e. The first-order valence-electron chi connectivity index (χ1n) is 10.8. The smallest absolute Gasteiger partial charge is 0.226 e. The van der Waals surface area contributed by atoms with Crippen molar-refractivity contribution < 1.29 is 9.53 Å². The van der Waals surface area contributed by atoms with Crippen LogP contribution in [0.4, 0.5) is 0 Å². The minimum Gasteiger partial charge on any atom is -0.385 e. The van der Waals surface area contributed by atoms with Crippen LogP contribution in [0.25, 0.3) is 0 Å². The summed E-state index contributed by atoms with van der Waals surface area (Å²) < 4.78 is 7.40. The highest BCUT2D eigenvalue weighted by Crippen LogP contribution is 2.21. The zero-order chi connectivity index (χ0) is 21.1. The first-order valence-corrected chi connectivity index (χ1v) is 11.1. The summed E-state index contributed by atoms with van der Waals surface area (Å²) in [5.74, 6) is 0.368. The van der Waals surface area contributed by atoms with Gasteiger partial charge >= 0.3 is 0 Å². The lowest BCUT2D eigenvalue weighted by Crippen LogP contribution is -2.37. The van der Waals surface area contributed by atoms with Crippen LogP contribution >= 0.6 is 11.6 Å². The molecule has 0 aliphatic rings. The van der Waals surface area contributed by atoms with Gasteiger partial charge in [0.1, 0.15) is 0 Å². The Bertz CT molecular complexity index is 744. The summed E-state index contributed by atoms with van der Waals surface area (Å²) in [6, 6.07) is 12.1. The molecule has 0 aliphatic heterocycles. The Morgan fingerprint density at radius 3 is 2.66 bits per heavy atom. The van der Waals surface area contributed by atoms with Crippen molar-refractivity contribution in [3.63, 3.8) is 0 Å². The van der Waals surface area contributed by atoms with E-state index in [2.05, 4.69) is 30.7 Å². The molecule has 0 aliphatic carbocycles. The first kappa shape index (κ1) is 23.5. The van der Waals surface area contributed by atoms with Gasteiger partial charge < -0.3 is 14.2 Å². The molecule has 1 atom stereocenters. The molecule has 0 radical (unpaired) electrons. The molecule has 1 heterocycles. The number of methoxy groups -OCH3 is 1. The Morgan fingerprint density at radius 1 is 1.17 bits per heavy atom. The van der Waals surface area contributed by atoms with Crippen LogP contribution in [0, 0.1) is 5.92 Å². The predicted molar refractivity (Wildman–Crippen MR) is 120 cm³/mol. The number of hydrogen-bond acceptors (Lipinski definition) is 2. The Balaban J connectivity index is 2.15. The molecule has 2 rings (SSSR count). The maximum absolute atomic E-state index is 13.3. The van der Waals surface area contributed by atoms with Crippen LogP contribution in [0.1, 0.15) is 57.2 Å². The average Bonchev–Trinajstić information content (AvgIpc) is 3.16. The van der Waals surface area contributed by atoms with Gasteiger partial charge in [-0.25, -0.2) is 0 Å². The summed E-state index contributed by atoms with van der Waals surface area (Å²) in [7, 11) is 1.71. The van der Waals surface area contributed by atoms with E-state index < -0.39 is 0 Å². The number of hydrogen-bond donors (Lipinski definition) is 0. The second kappa shape index (κ2) is 12.7. The lowest BCUT2D eigenvalue weighted by molar-refractivity contribution is -0.136. The van der Waals surface area contributed by atoms with Crippen molar-refractivity contribution in [2.24, 2.45) is 5.92 Å². The van der Waals surface area contributed by atoms with E-state index >= 15 is 0 Å². The highest BCUT2D eigenvalue weighted by molar-refractivity contribution is 6.31. The van der Waals surface area contributed by atoms with Gasteiger partial charge in [0.15, 0.2) is 0 Å². The summed E-state index contributed by atoms with van der Waals surface area (Å²) >= 11 is 6.35. The number of amides is 1. The van der Waals surface area contributed by atoms with Gasteiger partial charge in [-0.1, -0.05) is 56.5 Å². The van der Waals surface area contributed by atoms with Crippen LogP contribution < -0.4 is 0 Å². The Labute approximate surface area is 180 Å². The zero-order valence-corrected chi connectivity index (χ0v) is 18.8. The number of benzene rings is 1. The van der Waals surface area contributed by atoms with Crippen LogP contribution in [0.5, 0.6) is 0 Å². The predicted octanol–water partition coefficient (Wildman–Crippen LogP) is 5.77. The van der Waals surface area contributed by atoms with Crippen LogP contribution in [0.15, 0.2) is 42.6 Å². The van der Waals surface area contributed by atoms with Gasteiger partial charge in [-0.15, -0.1) is 0 Å². The normalized spacial score (nSPS) is 12.1. The van der Waals surface area contributed by atoms with Gasteiger partial charge in [-0.05, 0) is 43.0 Å². The van der Waals surface area contributed by atoms with Crippen molar-refractivity contribution in [1.29, 1.82) is 0 Å². The Morgan fingerprint density at radius 2 is 1.97 bits per heavy atom. The van der Waals surface area contributed by atoms with Crippen molar-refractivity contribution in [2.45, 2.75) is 59.0 Å². The van der Waals surface area contributed by atoms with Gasteiger partial charge in [0.05, 0.1) is 6.54 Å². The van der Waals surface area contributed by atoms with Crippen LogP contribution in [-0.2, 0) is 22.6 Å². The monoisotopic (exact) mass is 418 g/mol. The third kappa shape index (κ3) is 7.20. The van der Waals surface area contributed by atoms with Crippen molar-refractivity contribution in [1.82, 2.24) is 9.47 Å². The van der Waals surface area contributed by atoms with E-state index in [1.54, 1.807) is 7.11 Å². The topological polar surface area (TPSA) is 34.5 Å². The largest absolute Gasteiger partial charge is 0.385 e. The molecule has 1 aromatic heterocycles. The third-order valence-electron chi connectivity index (χ3n) is 5.41. The van der Waals surface area contributed by atoms with E-state index in [0.717, 1.165) is 48.4 Å². The van der Waals surface area contributed by atoms with Crippen molar-refractivity contribution >= 4 is 17.5 Å². The molecule has 1 amide bonds. The quantitative estimate of drug-likeness (QED) is 0.387. The van der Waals surface area contributed by atoms with Gasteiger partial charge in [-0.3, -0.25) is 4.79 Å². The molecule has 160 valence electrons. The Hall–Kier alpha value is -1.78. The fraction of sp³-hybridized carbons (Fsp3) is 0.542. The fourth-order valence-corrected chi connectivity index (χ4v) is 3.83. The molecule has 0 unspecified atom stereocenters. The van der Waals surface area contributed by atoms with Gasteiger partial charge in [0.2, 0.25) is 5.91 Å². The van der Waals surface area contributed by atoms with Crippen molar-refractivity contribution in [3.8, 4) is 0 Å². The number of ether oxygens (including phenoxy) is 1. The number of nitrogens with zero attached hydrogens (tertiary/aromatic N) is 2. The summed E-state index contributed by atoms with van der Waals surface area (Å²) in [4.78, 5) is 15.3. The molecule has 5 heteroatoms.